The lowest BCUT2D eigenvalue weighted by Gasteiger charge is -2.24. The smallest absolute Gasteiger partial charge is 0.235 e. The summed E-state index contributed by atoms with van der Waals surface area (Å²) in [5.74, 6) is -1.05. The fourth-order valence-corrected chi connectivity index (χ4v) is 2.80. The van der Waals surface area contributed by atoms with E-state index in [0.29, 0.717) is 16.8 Å². The van der Waals surface area contributed by atoms with Crippen LogP contribution in [0.2, 0.25) is 0 Å². The van der Waals surface area contributed by atoms with Gasteiger partial charge in [-0.25, -0.2) is 0 Å². The number of carbonyl (C=O) groups is 2. The third kappa shape index (κ3) is 3.64. The molecule has 0 aliphatic heterocycles. The van der Waals surface area contributed by atoms with Crippen molar-refractivity contribution in [3.63, 3.8) is 0 Å². The van der Waals surface area contributed by atoms with Gasteiger partial charge in [-0.15, -0.1) is 0 Å². The van der Waals surface area contributed by atoms with Crippen LogP contribution in [-0.4, -0.2) is 18.6 Å². The quantitative estimate of drug-likeness (QED) is 0.406. The van der Waals surface area contributed by atoms with Gasteiger partial charge >= 0.3 is 0 Å². The molecule has 0 aliphatic rings. The van der Waals surface area contributed by atoms with E-state index in [0.717, 1.165) is 11.3 Å². The molecule has 0 saturated heterocycles. The lowest BCUT2D eigenvalue weighted by Crippen LogP contribution is -2.27. The second-order valence-corrected chi connectivity index (χ2v) is 6.03. The molecule has 1 N–H and O–H groups in total. The van der Waals surface area contributed by atoms with Crippen LogP contribution >= 0.6 is 0 Å². The van der Waals surface area contributed by atoms with Crippen molar-refractivity contribution >= 4 is 22.9 Å². The van der Waals surface area contributed by atoms with Gasteiger partial charge in [0.2, 0.25) is 11.6 Å². The maximum Gasteiger partial charge on any atom is 0.235 e. The number of rotatable bonds is 6. The van der Waals surface area contributed by atoms with E-state index in [2.05, 4.69) is 5.43 Å². The van der Waals surface area contributed by atoms with Crippen molar-refractivity contribution in [2.75, 3.05) is 17.5 Å². The molecular weight excluding hydrogens is 324 g/mol. The molecule has 3 aromatic carbocycles. The lowest BCUT2D eigenvalue weighted by atomic mass is 10.0. The molecule has 4 heteroatoms. The van der Waals surface area contributed by atoms with E-state index in [1.807, 2.05) is 55.4 Å². The molecule has 0 aliphatic carbocycles. The summed E-state index contributed by atoms with van der Waals surface area (Å²) in [4.78, 5) is 25.3. The SMILES string of the molecule is Cc1ccccc1N(C)Nc1ccccc1C(=O)C(=O)c1ccccc1. The number of nitrogens with zero attached hydrogens (tertiary/aromatic N) is 1. The zero-order valence-corrected chi connectivity index (χ0v) is 14.8. The molecule has 130 valence electrons. The Balaban J connectivity index is 1.88. The molecular formula is C22H20N2O2. The van der Waals surface area contributed by atoms with E-state index in [4.69, 9.17) is 0 Å². The van der Waals surface area contributed by atoms with Gasteiger partial charge in [0.05, 0.1) is 16.9 Å². The zero-order valence-electron chi connectivity index (χ0n) is 14.8. The van der Waals surface area contributed by atoms with Crippen molar-refractivity contribution in [3.05, 3.63) is 95.6 Å². The van der Waals surface area contributed by atoms with Crippen molar-refractivity contribution in [2.24, 2.45) is 0 Å². The molecule has 0 heterocycles. The molecule has 4 nitrogen and oxygen atoms in total. The van der Waals surface area contributed by atoms with Crippen LogP contribution < -0.4 is 10.4 Å². The highest BCUT2D eigenvalue weighted by Crippen LogP contribution is 2.22. The fraction of sp³-hybridized carbons (Fsp3) is 0.0909. The molecule has 0 radical (unpaired) electrons. The topological polar surface area (TPSA) is 49.4 Å². The highest BCUT2D eigenvalue weighted by atomic mass is 16.2. The monoisotopic (exact) mass is 344 g/mol. The van der Waals surface area contributed by atoms with Crippen molar-refractivity contribution < 1.29 is 9.59 Å². The predicted molar refractivity (Wildman–Crippen MR) is 105 cm³/mol. The maximum absolute atomic E-state index is 12.7. The van der Waals surface area contributed by atoms with Crippen LogP contribution in [0.4, 0.5) is 11.4 Å². The molecule has 0 saturated carbocycles. The van der Waals surface area contributed by atoms with Gasteiger partial charge in [-0.05, 0) is 30.7 Å². The molecule has 0 aromatic heterocycles. The van der Waals surface area contributed by atoms with Gasteiger partial charge in [0.1, 0.15) is 0 Å². The Hall–Kier alpha value is -3.40. The third-order valence-corrected chi connectivity index (χ3v) is 4.18. The van der Waals surface area contributed by atoms with E-state index < -0.39 is 11.6 Å². The first kappa shape index (κ1) is 17.4. The van der Waals surface area contributed by atoms with Crippen molar-refractivity contribution in [1.82, 2.24) is 0 Å². The Labute approximate surface area is 153 Å². The van der Waals surface area contributed by atoms with E-state index >= 15 is 0 Å². The zero-order chi connectivity index (χ0) is 18.5. The van der Waals surface area contributed by atoms with Gasteiger partial charge in [0.15, 0.2) is 0 Å². The first-order valence-corrected chi connectivity index (χ1v) is 8.37. The van der Waals surface area contributed by atoms with Crippen LogP contribution in [-0.2, 0) is 0 Å². The largest absolute Gasteiger partial charge is 0.298 e. The molecule has 0 fully saturated rings. The molecule has 3 rings (SSSR count). The second-order valence-electron chi connectivity index (χ2n) is 6.03. The Morgan fingerprint density at radius 2 is 1.38 bits per heavy atom. The highest BCUT2D eigenvalue weighted by molar-refractivity contribution is 6.50. The normalized spacial score (nSPS) is 10.2. The molecule has 0 unspecified atom stereocenters. The average Bonchev–Trinajstić information content (AvgIpc) is 2.68. The van der Waals surface area contributed by atoms with E-state index in [-0.39, 0.29) is 0 Å². The van der Waals surface area contributed by atoms with Crippen LogP contribution in [0.5, 0.6) is 0 Å². The first-order valence-electron chi connectivity index (χ1n) is 8.37. The number of hydrogen-bond acceptors (Lipinski definition) is 4. The Kier molecular flexibility index (Phi) is 5.13. The number of anilines is 2. The number of nitrogens with one attached hydrogen (secondary N) is 1. The van der Waals surface area contributed by atoms with Gasteiger partial charge in [-0.3, -0.25) is 20.0 Å². The Morgan fingerprint density at radius 3 is 2.12 bits per heavy atom. The number of hydrogen-bond donors (Lipinski definition) is 1. The molecule has 0 atom stereocenters. The molecule has 0 bridgehead atoms. The predicted octanol–water partition coefficient (Wildman–Crippen LogP) is 4.52. The number of hydrazine groups is 1. The van der Waals surface area contributed by atoms with Crippen LogP contribution in [0, 0.1) is 6.92 Å². The maximum atomic E-state index is 12.7. The van der Waals surface area contributed by atoms with E-state index in [1.54, 1.807) is 42.5 Å². The molecule has 0 amide bonds. The van der Waals surface area contributed by atoms with Gasteiger partial charge in [-0.1, -0.05) is 60.7 Å². The average molecular weight is 344 g/mol. The number of ketones is 2. The Morgan fingerprint density at radius 1 is 0.769 bits per heavy atom. The summed E-state index contributed by atoms with van der Waals surface area (Å²) in [5, 5.41) is 1.84. The van der Waals surface area contributed by atoms with E-state index in [1.165, 1.54) is 0 Å². The minimum Gasteiger partial charge on any atom is -0.298 e. The first-order chi connectivity index (χ1) is 12.6. The summed E-state index contributed by atoms with van der Waals surface area (Å²) in [6.07, 6.45) is 0. The minimum absolute atomic E-state index is 0.349. The number of aryl methyl sites for hydroxylation is 1. The van der Waals surface area contributed by atoms with Crippen LogP contribution in [0.3, 0.4) is 0 Å². The van der Waals surface area contributed by atoms with Crippen molar-refractivity contribution in [3.8, 4) is 0 Å². The highest BCUT2D eigenvalue weighted by Gasteiger charge is 2.21. The summed E-state index contributed by atoms with van der Waals surface area (Å²) in [6, 6.07) is 23.6. The van der Waals surface area contributed by atoms with Crippen LogP contribution in [0.15, 0.2) is 78.9 Å². The number of para-hydroxylation sites is 2. The van der Waals surface area contributed by atoms with Gasteiger partial charge in [0.25, 0.3) is 0 Å². The summed E-state index contributed by atoms with van der Waals surface area (Å²) in [6.45, 7) is 2.02. The summed E-state index contributed by atoms with van der Waals surface area (Å²) >= 11 is 0. The molecule has 26 heavy (non-hydrogen) atoms. The summed E-state index contributed by atoms with van der Waals surface area (Å²) in [7, 11) is 1.88. The number of benzene rings is 3. The van der Waals surface area contributed by atoms with Crippen LogP contribution in [0.25, 0.3) is 0 Å². The van der Waals surface area contributed by atoms with Gasteiger partial charge in [-0.2, -0.15) is 0 Å². The van der Waals surface area contributed by atoms with Crippen molar-refractivity contribution in [1.29, 1.82) is 0 Å². The summed E-state index contributed by atoms with van der Waals surface area (Å²) < 4.78 is 0. The molecule has 0 spiro atoms. The summed E-state index contributed by atoms with van der Waals surface area (Å²) in [5.41, 5.74) is 6.64. The lowest BCUT2D eigenvalue weighted by molar-refractivity contribution is 0.0817. The minimum atomic E-state index is -0.530. The molecule has 3 aromatic rings. The van der Waals surface area contributed by atoms with E-state index in [9.17, 15) is 9.59 Å². The fourth-order valence-electron chi connectivity index (χ4n) is 2.80. The van der Waals surface area contributed by atoms with Crippen LogP contribution in [0.1, 0.15) is 26.3 Å². The van der Waals surface area contributed by atoms with Crippen molar-refractivity contribution in [2.45, 2.75) is 6.92 Å². The Bertz CT molecular complexity index is 936. The third-order valence-electron chi connectivity index (χ3n) is 4.18. The second kappa shape index (κ2) is 7.66. The number of carbonyl (C=O) groups excluding carboxylic acids is 2. The van der Waals surface area contributed by atoms with Gasteiger partial charge in [0, 0.05) is 12.6 Å². The standard InChI is InChI=1S/C22H20N2O2/c1-16-10-6-9-15-20(16)24(2)23-19-14-8-7-13-18(19)22(26)21(25)17-11-4-3-5-12-17/h3-15,23H,1-2H3. The number of Topliss-reactive ketones (excluding diaryl/α,β-unsaturated/α-hetero) is 2. The van der Waals surface area contributed by atoms with Gasteiger partial charge < -0.3 is 0 Å².